The number of fused-ring (bicyclic) bond motifs is 1. The van der Waals surface area contributed by atoms with Crippen LogP contribution in [-0.2, 0) is 0 Å². The van der Waals surface area contributed by atoms with Gasteiger partial charge in [-0.05, 0) is 57.9 Å². The van der Waals surface area contributed by atoms with Gasteiger partial charge in [-0.2, -0.15) is 0 Å². The van der Waals surface area contributed by atoms with Crippen molar-refractivity contribution in [3.8, 4) is 11.5 Å². The standard InChI is InChI=1S/C20H15BrCl2N2O3/c1-3-6-28-18-14(21)7-11(9-17(18)27-2)8-15(23)19-24-16-10-12(22)4-5-13(16)20(26)25-19/h3-5,7-10H,1,6H2,2H3,(H,24,25,26)/b15-8-. The van der Waals surface area contributed by atoms with Crippen LogP contribution in [-0.4, -0.2) is 23.7 Å². The number of hydrogen-bond donors (Lipinski definition) is 1. The second-order valence-corrected chi connectivity index (χ2v) is 7.40. The Labute approximate surface area is 179 Å². The summed E-state index contributed by atoms with van der Waals surface area (Å²) in [5.41, 5.74) is 0.897. The van der Waals surface area contributed by atoms with Gasteiger partial charge in [-0.3, -0.25) is 4.79 Å². The van der Waals surface area contributed by atoms with E-state index in [9.17, 15) is 4.79 Å². The first kappa shape index (κ1) is 20.5. The van der Waals surface area contributed by atoms with Gasteiger partial charge in [0.2, 0.25) is 0 Å². The first-order chi connectivity index (χ1) is 13.4. The molecule has 3 aromatic rings. The first-order valence-electron chi connectivity index (χ1n) is 8.11. The van der Waals surface area contributed by atoms with Crippen molar-refractivity contribution in [1.82, 2.24) is 9.97 Å². The van der Waals surface area contributed by atoms with E-state index >= 15 is 0 Å². The number of hydrogen-bond acceptors (Lipinski definition) is 4. The molecule has 0 spiro atoms. The molecule has 1 aromatic heterocycles. The second-order valence-electron chi connectivity index (χ2n) is 5.70. The van der Waals surface area contributed by atoms with Crippen LogP contribution in [0.4, 0.5) is 0 Å². The first-order valence-corrected chi connectivity index (χ1v) is 9.66. The van der Waals surface area contributed by atoms with E-state index in [0.717, 1.165) is 5.56 Å². The number of aromatic amines is 1. The molecule has 0 radical (unpaired) electrons. The quantitative estimate of drug-likeness (QED) is 0.462. The maximum atomic E-state index is 12.3. The van der Waals surface area contributed by atoms with Crippen LogP contribution >= 0.6 is 39.1 Å². The molecule has 0 fully saturated rings. The average Bonchev–Trinajstić information content (AvgIpc) is 2.66. The Bertz CT molecular complexity index is 1140. The van der Waals surface area contributed by atoms with E-state index < -0.39 is 0 Å². The third-order valence-corrected chi connectivity index (χ3v) is 4.90. The van der Waals surface area contributed by atoms with Gasteiger partial charge < -0.3 is 14.5 Å². The second kappa shape index (κ2) is 8.82. The number of nitrogens with one attached hydrogen (secondary N) is 1. The van der Waals surface area contributed by atoms with Crippen molar-refractivity contribution in [2.75, 3.05) is 13.7 Å². The van der Waals surface area contributed by atoms with Gasteiger partial charge in [-0.1, -0.05) is 35.9 Å². The highest BCUT2D eigenvalue weighted by Crippen LogP contribution is 2.37. The number of nitrogens with zero attached hydrogens (tertiary/aromatic N) is 1. The van der Waals surface area contributed by atoms with Gasteiger partial charge in [0.15, 0.2) is 17.3 Å². The number of benzene rings is 2. The molecular weight excluding hydrogens is 467 g/mol. The molecule has 0 saturated heterocycles. The fourth-order valence-corrected chi connectivity index (χ4v) is 3.50. The van der Waals surface area contributed by atoms with Crippen LogP contribution in [0.5, 0.6) is 11.5 Å². The van der Waals surface area contributed by atoms with E-state index in [-0.39, 0.29) is 16.4 Å². The summed E-state index contributed by atoms with van der Waals surface area (Å²) in [5.74, 6) is 1.32. The molecule has 0 aliphatic heterocycles. The zero-order valence-electron chi connectivity index (χ0n) is 14.8. The SMILES string of the molecule is C=CCOc1c(Br)cc(/C=C(\Cl)c2nc3cc(Cl)ccc3c(=O)[nH]2)cc1OC. The molecule has 0 amide bonds. The largest absolute Gasteiger partial charge is 0.493 e. The monoisotopic (exact) mass is 480 g/mol. The van der Waals surface area contributed by atoms with Crippen molar-refractivity contribution in [2.24, 2.45) is 0 Å². The summed E-state index contributed by atoms with van der Waals surface area (Å²) in [5, 5.41) is 1.18. The Kier molecular flexibility index (Phi) is 6.44. The number of ether oxygens (including phenoxy) is 2. The van der Waals surface area contributed by atoms with Gasteiger partial charge in [0.05, 0.1) is 27.5 Å². The summed E-state index contributed by atoms with van der Waals surface area (Å²) in [4.78, 5) is 19.4. The molecule has 5 nitrogen and oxygen atoms in total. The molecule has 1 heterocycles. The van der Waals surface area contributed by atoms with Crippen LogP contribution in [0.3, 0.4) is 0 Å². The highest BCUT2D eigenvalue weighted by Gasteiger charge is 2.12. The van der Waals surface area contributed by atoms with Crippen molar-refractivity contribution < 1.29 is 9.47 Å². The molecule has 3 rings (SSSR count). The minimum absolute atomic E-state index is 0.239. The van der Waals surface area contributed by atoms with Crippen LogP contribution in [0.25, 0.3) is 22.0 Å². The van der Waals surface area contributed by atoms with Crippen molar-refractivity contribution in [3.05, 3.63) is 74.2 Å². The lowest BCUT2D eigenvalue weighted by Crippen LogP contribution is -2.10. The van der Waals surface area contributed by atoms with E-state index in [1.165, 1.54) is 0 Å². The smallest absolute Gasteiger partial charge is 0.259 e. The zero-order valence-corrected chi connectivity index (χ0v) is 17.9. The summed E-state index contributed by atoms with van der Waals surface area (Å²) >= 11 is 15.9. The Hall–Kier alpha value is -2.28. The van der Waals surface area contributed by atoms with Crippen molar-refractivity contribution >= 4 is 61.1 Å². The lowest BCUT2D eigenvalue weighted by molar-refractivity contribution is 0.324. The summed E-state index contributed by atoms with van der Waals surface area (Å²) < 4.78 is 11.7. The lowest BCUT2D eigenvalue weighted by atomic mass is 10.1. The Morgan fingerprint density at radius 1 is 1.36 bits per heavy atom. The van der Waals surface area contributed by atoms with Crippen LogP contribution < -0.4 is 15.0 Å². The van der Waals surface area contributed by atoms with Crippen LogP contribution in [0.15, 0.2) is 52.3 Å². The maximum absolute atomic E-state index is 12.3. The molecule has 8 heteroatoms. The molecule has 0 bridgehead atoms. The highest BCUT2D eigenvalue weighted by atomic mass is 79.9. The van der Waals surface area contributed by atoms with E-state index in [2.05, 4.69) is 32.5 Å². The van der Waals surface area contributed by atoms with E-state index in [4.69, 9.17) is 32.7 Å². The molecule has 0 aliphatic carbocycles. The topological polar surface area (TPSA) is 64.2 Å². The number of aromatic nitrogens is 2. The minimum Gasteiger partial charge on any atom is -0.493 e. The average molecular weight is 482 g/mol. The lowest BCUT2D eigenvalue weighted by Gasteiger charge is -2.12. The Morgan fingerprint density at radius 3 is 2.86 bits per heavy atom. The van der Waals surface area contributed by atoms with E-state index in [0.29, 0.717) is 38.5 Å². The Balaban J connectivity index is 2.04. The predicted molar refractivity (Wildman–Crippen MR) is 117 cm³/mol. The fraction of sp³-hybridized carbons (Fsp3) is 0.100. The van der Waals surface area contributed by atoms with Crippen molar-refractivity contribution in [3.63, 3.8) is 0 Å². The molecule has 0 atom stereocenters. The third kappa shape index (κ3) is 4.41. The van der Waals surface area contributed by atoms with E-state index in [1.54, 1.807) is 43.5 Å². The molecule has 144 valence electrons. The van der Waals surface area contributed by atoms with Crippen molar-refractivity contribution in [2.45, 2.75) is 0 Å². The number of H-pyrrole nitrogens is 1. The summed E-state index contributed by atoms with van der Waals surface area (Å²) in [7, 11) is 1.55. The zero-order chi connectivity index (χ0) is 20.3. The minimum atomic E-state index is -0.296. The molecule has 2 aromatic carbocycles. The van der Waals surface area contributed by atoms with Gasteiger partial charge in [0, 0.05) is 5.02 Å². The van der Waals surface area contributed by atoms with Crippen molar-refractivity contribution in [1.29, 1.82) is 0 Å². The number of halogens is 3. The number of methoxy groups -OCH3 is 1. The van der Waals surface area contributed by atoms with E-state index in [1.807, 2.05) is 6.07 Å². The Morgan fingerprint density at radius 2 is 2.14 bits per heavy atom. The molecule has 0 aliphatic rings. The molecule has 28 heavy (non-hydrogen) atoms. The van der Waals surface area contributed by atoms with Crippen LogP contribution in [0.2, 0.25) is 5.02 Å². The van der Waals surface area contributed by atoms with Crippen LogP contribution in [0, 0.1) is 0 Å². The normalized spacial score (nSPS) is 11.5. The highest BCUT2D eigenvalue weighted by molar-refractivity contribution is 9.10. The van der Waals surface area contributed by atoms with Gasteiger partial charge in [0.25, 0.3) is 5.56 Å². The maximum Gasteiger partial charge on any atom is 0.259 e. The third-order valence-electron chi connectivity index (χ3n) is 3.79. The molecular formula is C20H15BrCl2N2O3. The van der Waals surface area contributed by atoms with Gasteiger partial charge in [0.1, 0.15) is 6.61 Å². The van der Waals surface area contributed by atoms with Gasteiger partial charge >= 0.3 is 0 Å². The number of rotatable bonds is 6. The summed E-state index contributed by atoms with van der Waals surface area (Å²) in [6, 6.07) is 8.46. The summed E-state index contributed by atoms with van der Waals surface area (Å²) in [6.45, 7) is 3.98. The fourth-order valence-electron chi connectivity index (χ4n) is 2.55. The predicted octanol–water partition coefficient (Wildman–Crippen LogP) is 5.65. The van der Waals surface area contributed by atoms with Gasteiger partial charge in [-0.15, -0.1) is 0 Å². The van der Waals surface area contributed by atoms with Gasteiger partial charge in [-0.25, -0.2) is 4.98 Å². The summed E-state index contributed by atoms with van der Waals surface area (Å²) in [6.07, 6.45) is 3.31. The molecule has 0 unspecified atom stereocenters. The molecule has 0 saturated carbocycles. The van der Waals surface area contributed by atoms with Crippen LogP contribution in [0.1, 0.15) is 11.4 Å². The molecule has 1 N–H and O–H groups in total.